The summed E-state index contributed by atoms with van der Waals surface area (Å²) in [6, 6.07) is -0.0373. The van der Waals surface area contributed by atoms with Crippen molar-refractivity contribution in [3.8, 4) is 0 Å². The summed E-state index contributed by atoms with van der Waals surface area (Å²) in [5.41, 5.74) is 0.431. The van der Waals surface area contributed by atoms with Gasteiger partial charge in [0.25, 0.3) is 0 Å². The summed E-state index contributed by atoms with van der Waals surface area (Å²) in [4.78, 5) is 13.0. The van der Waals surface area contributed by atoms with E-state index in [9.17, 15) is 4.79 Å². The number of carbonyl (C=O) groups excluding carboxylic acids is 1. The van der Waals surface area contributed by atoms with Gasteiger partial charge in [0.05, 0.1) is 6.04 Å². The Morgan fingerprint density at radius 2 is 1.42 bits per heavy atom. The van der Waals surface area contributed by atoms with Crippen molar-refractivity contribution < 1.29 is 4.79 Å². The highest BCUT2D eigenvalue weighted by Gasteiger charge is 2.41. The van der Waals surface area contributed by atoms with Crippen LogP contribution in [0.25, 0.3) is 0 Å². The predicted molar refractivity (Wildman–Crippen MR) is 107 cm³/mol. The highest BCUT2D eigenvalue weighted by atomic mass is 16.1. The van der Waals surface area contributed by atoms with Gasteiger partial charge in [-0.05, 0) is 63.2 Å². The van der Waals surface area contributed by atoms with Gasteiger partial charge in [-0.2, -0.15) is 0 Å². The van der Waals surface area contributed by atoms with Crippen molar-refractivity contribution >= 4 is 5.78 Å². The van der Waals surface area contributed by atoms with Crippen molar-refractivity contribution in [1.29, 1.82) is 0 Å². The van der Waals surface area contributed by atoms with Crippen LogP contribution in [0.4, 0.5) is 0 Å². The van der Waals surface area contributed by atoms with Crippen LogP contribution in [0.1, 0.15) is 102 Å². The first-order valence-electron chi connectivity index (χ1n) is 9.33. The molecule has 144 valence electrons. The molecule has 0 aromatic rings. The van der Waals surface area contributed by atoms with E-state index >= 15 is 0 Å². The Kier molecular flexibility index (Phi) is 7.36. The van der Waals surface area contributed by atoms with E-state index in [2.05, 4.69) is 53.8 Å². The number of carbonyl (C=O) groups is 1. The van der Waals surface area contributed by atoms with Gasteiger partial charge in [-0.25, -0.2) is 0 Å². The van der Waals surface area contributed by atoms with Crippen molar-refractivity contribution in [3.63, 3.8) is 0 Å². The maximum Gasteiger partial charge on any atom is 0.155 e. The van der Waals surface area contributed by atoms with Gasteiger partial charge in [0, 0.05) is 11.0 Å². The summed E-state index contributed by atoms with van der Waals surface area (Å²) in [7, 11) is 0. The Balaban J connectivity index is 0.00000529. The van der Waals surface area contributed by atoms with E-state index < -0.39 is 0 Å². The molecule has 1 N–H and O–H groups in total. The molecule has 1 atom stereocenters. The van der Waals surface area contributed by atoms with Crippen molar-refractivity contribution in [2.45, 2.75) is 114 Å². The molecule has 2 heteroatoms. The molecule has 0 amide bonds. The van der Waals surface area contributed by atoms with Crippen molar-refractivity contribution in [2.75, 3.05) is 0 Å². The van der Waals surface area contributed by atoms with E-state index in [1.807, 2.05) is 20.8 Å². The molecule has 0 saturated heterocycles. The van der Waals surface area contributed by atoms with Crippen LogP contribution in [0.15, 0.2) is 0 Å². The van der Waals surface area contributed by atoms with Gasteiger partial charge in [-0.1, -0.05) is 55.9 Å². The monoisotopic (exact) mass is 339 g/mol. The maximum absolute atomic E-state index is 13.0. The van der Waals surface area contributed by atoms with E-state index in [1.54, 1.807) is 0 Å². The van der Waals surface area contributed by atoms with E-state index in [0.717, 1.165) is 6.42 Å². The fourth-order valence-electron chi connectivity index (χ4n) is 4.85. The van der Waals surface area contributed by atoms with Gasteiger partial charge in [0.1, 0.15) is 0 Å². The second-order valence-corrected chi connectivity index (χ2v) is 11.6. The lowest BCUT2D eigenvalue weighted by Crippen LogP contribution is -2.52. The number of hydrogen-bond acceptors (Lipinski definition) is 2. The van der Waals surface area contributed by atoms with Gasteiger partial charge in [-0.15, -0.1) is 0 Å². The predicted octanol–water partition coefficient (Wildman–Crippen LogP) is 6.24. The quantitative estimate of drug-likeness (QED) is 0.657. The van der Waals surface area contributed by atoms with Crippen molar-refractivity contribution in [2.24, 2.45) is 22.2 Å². The molecule has 0 aliphatic heterocycles. The van der Waals surface area contributed by atoms with E-state index in [4.69, 9.17) is 0 Å². The molecule has 0 bridgehead atoms. The molecular weight excluding hydrogens is 294 g/mol. The molecule has 1 rings (SSSR count). The zero-order valence-electron chi connectivity index (χ0n) is 17.4. The first-order chi connectivity index (χ1) is 10.0. The van der Waals surface area contributed by atoms with Crippen LogP contribution in [0, 0.1) is 22.2 Å². The third-order valence-corrected chi connectivity index (χ3v) is 4.87. The molecule has 1 fully saturated rings. The van der Waals surface area contributed by atoms with Crippen molar-refractivity contribution in [3.05, 3.63) is 0 Å². The minimum Gasteiger partial charge on any atom is -0.303 e. The number of nitrogens with one attached hydrogen (secondary N) is 1. The third-order valence-electron chi connectivity index (χ3n) is 4.87. The molecule has 24 heavy (non-hydrogen) atoms. The first-order valence-corrected chi connectivity index (χ1v) is 9.33. The Labute approximate surface area is 152 Å². The highest BCUT2D eigenvalue weighted by Crippen LogP contribution is 2.49. The van der Waals surface area contributed by atoms with Crippen LogP contribution in [0.5, 0.6) is 0 Å². The summed E-state index contributed by atoms with van der Waals surface area (Å²) in [6.07, 6.45) is 4.72. The Bertz CT molecular complexity index is 404. The van der Waals surface area contributed by atoms with Crippen LogP contribution < -0.4 is 5.32 Å². The zero-order valence-corrected chi connectivity index (χ0v) is 17.4. The lowest BCUT2D eigenvalue weighted by atomic mass is 9.60. The summed E-state index contributed by atoms with van der Waals surface area (Å²) < 4.78 is 0. The third kappa shape index (κ3) is 7.68. The number of ketones is 1. The van der Waals surface area contributed by atoms with Crippen LogP contribution >= 0.6 is 0 Å². The lowest BCUT2D eigenvalue weighted by molar-refractivity contribution is -0.129. The molecule has 0 radical (unpaired) electrons. The Morgan fingerprint density at radius 1 is 1.00 bits per heavy atom. The number of Topliss-reactive ketones (excluding diaryl/α,β-unsaturated/α-hetero) is 1. The van der Waals surface area contributed by atoms with E-state index in [0.29, 0.717) is 22.5 Å². The number of hydrogen-bond donors (Lipinski definition) is 1. The Hall–Kier alpha value is -0.370. The second kappa shape index (κ2) is 7.48. The topological polar surface area (TPSA) is 29.1 Å². The molecule has 1 saturated carbocycles. The fourth-order valence-corrected chi connectivity index (χ4v) is 4.85. The largest absolute Gasteiger partial charge is 0.303 e. The highest BCUT2D eigenvalue weighted by molar-refractivity contribution is 5.88. The molecule has 0 spiro atoms. The molecule has 0 heterocycles. The SMILES string of the molecule is C.CC1(C)CC(CC(NC(C)(C)C)C(=O)C(C)(C)C)CC(C)(C)C1. The molecule has 1 unspecified atom stereocenters. The van der Waals surface area contributed by atoms with Gasteiger partial charge in [0.15, 0.2) is 5.78 Å². The summed E-state index contributed by atoms with van der Waals surface area (Å²) in [5, 5.41) is 3.61. The smallest absolute Gasteiger partial charge is 0.155 e. The standard InChI is InChI=1S/C21H41NO.CH4/c1-18(2,3)17(23)16(22-19(4,5)6)11-15-12-20(7,8)14-21(9,10)13-15;/h15-16,22H,11-14H2,1-10H3;1H4. The number of rotatable bonds is 4. The minimum atomic E-state index is -0.289. The molecule has 2 nitrogen and oxygen atoms in total. The van der Waals surface area contributed by atoms with Crippen LogP contribution in [-0.2, 0) is 4.79 Å². The molecule has 0 aromatic carbocycles. The van der Waals surface area contributed by atoms with Crippen molar-refractivity contribution in [1.82, 2.24) is 5.32 Å². The van der Waals surface area contributed by atoms with E-state index in [-0.39, 0.29) is 24.4 Å². The average Bonchev–Trinajstić information content (AvgIpc) is 2.18. The van der Waals surface area contributed by atoms with Gasteiger partial charge in [-0.3, -0.25) is 4.79 Å². The minimum absolute atomic E-state index is 0. The average molecular weight is 340 g/mol. The lowest BCUT2D eigenvalue weighted by Gasteiger charge is -2.46. The molecule has 1 aliphatic rings. The summed E-state index contributed by atoms with van der Waals surface area (Å²) in [5.74, 6) is 0.980. The molecule has 0 aromatic heterocycles. The van der Waals surface area contributed by atoms with Crippen LogP contribution in [-0.4, -0.2) is 17.4 Å². The Morgan fingerprint density at radius 3 is 1.75 bits per heavy atom. The molecular formula is C22H45NO. The second-order valence-electron chi connectivity index (χ2n) is 11.6. The summed E-state index contributed by atoms with van der Waals surface area (Å²) in [6.45, 7) is 22.2. The van der Waals surface area contributed by atoms with Gasteiger partial charge >= 0.3 is 0 Å². The van der Waals surface area contributed by atoms with Crippen LogP contribution in [0.3, 0.4) is 0 Å². The molecule has 1 aliphatic carbocycles. The van der Waals surface area contributed by atoms with Gasteiger partial charge in [0.2, 0.25) is 0 Å². The summed E-state index contributed by atoms with van der Waals surface area (Å²) >= 11 is 0. The maximum atomic E-state index is 13.0. The van der Waals surface area contributed by atoms with E-state index in [1.165, 1.54) is 19.3 Å². The normalized spacial score (nSPS) is 22.6. The van der Waals surface area contributed by atoms with Crippen LogP contribution in [0.2, 0.25) is 0 Å². The fraction of sp³-hybridized carbons (Fsp3) is 0.955. The first kappa shape index (κ1) is 23.6. The van der Waals surface area contributed by atoms with Gasteiger partial charge < -0.3 is 5.32 Å². The zero-order chi connectivity index (χ0) is 18.3.